The zero-order chi connectivity index (χ0) is 18.0. The summed E-state index contributed by atoms with van der Waals surface area (Å²) in [5, 5.41) is 0. The van der Waals surface area contributed by atoms with E-state index < -0.39 is 0 Å². The molecule has 1 fully saturated rings. The van der Waals surface area contributed by atoms with Gasteiger partial charge in [0.2, 0.25) is 11.8 Å². The van der Waals surface area contributed by atoms with Crippen molar-refractivity contribution in [3.8, 4) is 0 Å². The highest BCUT2D eigenvalue weighted by atomic mass is 19.1. The second-order valence-corrected chi connectivity index (χ2v) is 6.34. The summed E-state index contributed by atoms with van der Waals surface area (Å²) < 4.78 is 13.2. The molecule has 0 saturated carbocycles. The summed E-state index contributed by atoms with van der Waals surface area (Å²) in [6.07, 6.45) is 2.45. The average molecular weight is 344 g/mol. The summed E-state index contributed by atoms with van der Waals surface area (Å²) in [5.74, 6) is 0.0382. The van der Waals surface area contributed by atoms with Crippen molar-refractivity contribution in [1.29, 1.82) is 0 Å². The number of rotatable bonds is 6. The number of likely N-dealkylation sites (tertiary alicyclic amines) is 1. The van der Waals surface area contributed by atoms with Gasteiger partial charge in [0.1, 0.15) is 11.6 Å². The average Bonchev–Trinajstić information content (AvgIpc) is 3.15. The van der Waals surface area contributed by atoms with E-state index in [1.54, 1.807) is 29.0 Å². The van der Waals surface area contributed by atoms with Crippen molar-refractivity contribution in [3.63, 3.8) is 0 Å². The maximum absolute atomic E-state index is 13.2. The van der Waals surface area contributed by atoms with Crippen LogP contribution in [0.1, 0.15) is 12.2 Å². The van der Waals surface area contributed by atoms with Gasteiger partial charge in [0.25, 0.3) is 0 Å². The van der Waals surface area contributed by atoms with E-state index >= 15 is 0 Å². The Bertz CT molecular complexity index is 817. The summed E-state index contributed by atoms with van der Waals surface area (Å²) in [6, 6.07) is 4.39. The number of nitrogens with zero attached hydrogens (tertiary/aromatic N) is 3. The molecule has 0 aliphatic carbocycles. The van der Waals surface area contributed by atoms with Crippen LogP contribution in [0.25, 0.3) is 11.0 Å². The van der Waals surface area contributed by atoms with Gasteiger partial charge in [-0.15, -0.1) is 6.58 Å². The van der Waals surface area contributed by atoms with Crippen molar-refractivity contribution in [2.45, 2.75) is 12.8 Å². The minimum absolute atomic E-state index is 0.00837. The van der Waals surface area contributed by atoms with Gasteiger partial charge in [-0.2, -0.15) is 0 Å². The van der Waals surface area contributed by atoms with E-state index in [1.807, 2.05) is 0 Å². The van der Waals surface area contributed by atoms with Gasteiger partial charge < -0.3 is 14.8 Å². The van der Waals surface area contributed by atoms with Gasteiger partial charge >= 0.3 is 0 Å². The first-order valence-corrected chi connectivity index (χ1v) is 8.25. The smallest absolute Gasteiger partial charge is 0.227 e. The molecule has 1 atom stereocenters. The third-order valence-corrected chi connectivity index (χ3v) is 4.47. The fourth-order valence-electron chi connectivity index (χ4n) is 3.12. The topological polar surface area (TPSA) is 69.3 Å². The lowest BCUT2D eigenvalue weighted by Crippen LogP contribution is -2.36. The molecule has 7 heteroatoms. The van der Waals surface area contributed by atoms with E-state index in [1.165, 1.54) is 12.1 Å². The van der Waals surface area contributed by atoms with Crippen LogP contribution in [0.15, 0.2) is 30.9 Å². The third kappa shape index (κ3) is 3.70. The molecule has 132 valence electrons. The zero-order valence-electron chi connectivity index (χ0n) is 14.2. The van der Waals surface area contributed by atoms with Crippen molar-refractivity contribution < 1.29 is 14.0 Å². The Hall–Kier alpha value is -2.70. The number of nitrogens with one attached hydrogen (secondary N) is 1. The van der Waals surface area contributed by atoms with Crippen molar-refractivity contribution in [1.82, 2.24) is 19.8 Å². The van der Waals surface area contributed by atoms with E-state index in [4.69, 9.17) is 0 Å². The standard InChI is InChI=1S/C18H21FN4O2/c1-3-7-23-11-12(9-17(23)24)18(25)22(2)8-6-16-20-14-5-4-13(19)10-15(14)21-16/h3-5,10,12H,1,6-9,11H2,2H3,(H,20,21). The Kier molecular flexibility index (Phi) is 4.83. The van der Waals surface area contributed by atoms with Crippen molar-refractivity contribution in [2.24, 2.45) is 5.92 Å². The second-order valence-electron chi connectivity index (χ2n) is 6.34. The molecular formula is C18H21FN4O2. The van der Waals surface area contributed by atoms with Crippen LogP contribution in [0.3, 0.4) is 0 Å². The first-order chi connectivity index (χ1) is 12.0. The highest BCUT2D eigenvalue weighted by molar-refractivity contribution is 5.89. The molecule has 1 aromatic carbocycles. The number of fused-ring (bicyclic) bond motifs is 1. The minimum atomic E-state index is -0.315. The van der Waals surface area contributed by atoms with E-state index in [0.29, 0.717) is 42.9 Å². The van der Waals surface area contributed by atoms with Gasteiger partial charge in [0, 0.05) is 39.5 Å². The fourth-order valence-corrected chi connectivity index (χ4v) is 3.12. The number of likely N-dealkylation sites (N-methyl/N-ethyl adjacent to an activating group) is 1. The Balaban J connectivity index is 1.58. The molecule has 1 aliphatic heterocycles. The van der Waals surface area contributed by atoms with Crippen LogP contribution in [-0.2, 0) is 16.0 Å². The summed E-state index contributed by atoms with van der Waals surface area (Å²) in [4.78, 5) is 35.1. The number of H-pyrrole nitrogens is 1. The monoisotopic (exact) mass is 344 g/mol. The molecule has 2 heterocycles. The van der Waals surface area contributed by atoms with Crippen LogP contribution in [0.4, 0.5) is 4.39 Å². The van der Waals surface area contributed by atoms with Gasteiger partial charge in [0.15, 0.2) is 0 Å². The van der Waals surface area contributed by atoms with Gasteiger partial charge in [-0.1, -0.05) is 6.08 Å². The van der Waals surface area contributed by atoms with Crippen LogP contribution in [0.5, 0.6) is 0 Å². The van der Waals surface area contributed by atoms with Gasteiger partial charge in [-0.3, -0.25) is 9.59 Å². The van der Waals surface area contributed by atoms with Crippen LogP contribution < -0.4 is 0 Å². The lowest BCUT2D eigenvalue weighted by Gasteiger charge is -2.20. The molecule has 1 aromatic heterocycles. The molecule has 2 aromatic rings. The number of aromatic nitrogens is 2. The maximum atomic E-state index is 13.2. The molecule has 6 nitrogen and oxygen atoms in total. The molecule has 1 saturated heterocycles. The normalized spacial score (nSPS) is 17.3. The molecule has 0 bridgehead atoms. The number of carbonyl (C=O) groups excluding carboxylic acids is 2. The largest absolute Gasteiger partial charge is 0.345 e. The molecular weight excluding hydrogens is 323 g/mol. The van der Waals surface area contributed by atoms with Crippen LogP contribution >= 0.6 is 0 Å². The van der Waals surface area contributed by atoms with Crippen LogP contribution in [0, 0.1) is 11.7 Å². The van der Waals surface area contributed by atoms with E-state index in [9.17, 15) is 14.0 Å². The summed E-state index contributed by atoms with van der Waals surface area (Å²) in [7, 11) is 1.73. The molecule has 1 aliphatic rings. The lowest BCUT2D eigenvalue weighted by atomic mass is 10.1. The Morgan fingerprint density at radius 1 is 1.56 bits per heavy atom. The first-order valence-electron chi connectivity index (χ1n) is 8.25. The number of amides is 2. The molecule has 1 N–H and O–H groups in total. The van der Waals surface area contributed by atoms with Gasteiger partial charge in [0.05, 0.1) is 17.0 Å². The molecule has 0 spiro atoms. The van der Waals surface area contributed by atoms with E-state index in [2.05, 4.69) is 16.5 Å². The van der Waals surface area contributed by atoms with Crippen molar-refractivity contribution in [3.05, 3.63) is 42.5 Å². The SMILES string of the molecule is C=CCN1CC(C(=O)N(C)CCc2nc3ccc(F)cc3[nH]2)CC1=O. The Morgan fingerprint density at radius 2 is 2.36 bits per heavy atom. The summed E-state index contributed by atoms with van der Waals surface area (Å²) in [6.45, 7) is 5.02. The number of benzene rings is 1. The summed E-state index contributed by atoms with van der Waals surface area (Å²) in [5.41, 5.74) is 1.34. The minimum Gasteiger partial charge on any atom is -0.345 e. The highest BCUT2D eigenvalue weighted by Crippen LogP contribution is 2.20. The number of carbonyl (C=O) groups is 2. The molecule has 2 amide bonds. The zero-order valence-corrected chi connectivity index (χ0v) is 14.2. The molecule has 0 radical (unpaired) electrons. The molecule has 25 heavy (non-hydrogen) atoms. The number of hydrogen-bond donors (Lipinski definition) is 1. The summed E-state index contributed by atoms with van der Waals surface area (Å²) >= 11 is 0. The lowest BCUT2D eigenvalue weighted by molar-refractivity contribution is -0.134. The number of hydrogen-bond acceptors (Lipinski definition) is 3. The fraction of sp³-hybridized carbons (Fsp3) is 0.389. The van der Waals surface area contributed by atoms with Gasteiger partial charge in [-0.25, -0.2) is 9.37 Å². The van der Waals surface area contributed by atoms with E-state index in [0.717, 1.165) is 0 Å². The Labute approximate surface area is 145 Å². The number of imidazole rings is 1. The van der Waals surface area contributed by atoms with Crippen LogP contribution in [-0.4, -0.2) is 58.3 Å². The quantitative estimate of drug-likeness (QED) is 0.812. The predicted octanol–water partition coefficient (Wildman–Crippen LogP) is 1.74. The predicted molar refractivity (Wildman–Crippen MR) is 92.3 cm³/mol. The van der Waals surface area contributed by atoms with Gasteiger partial charge in [-0.05, 0) is 18.2 Å². The Morgan fingerprint density at radius 3 is 3.12 bits per heavy atom. The highest BCUT2D eigenvalue weighted by Gasteiger charge is 2.34. The van der Waals surface area contributed by atoms with Crippen molar-refractivity contribution >= 4 is 22.8 Å². The third-order valence-electron chi connectivity index (χ3n) is 4.47. The number of aromatic amines is 1. The number of halogens is 1. The molecule has 1 unspecified atom stereocenters. The maximum Gasteiger partial charge on any atom is 0.227 e. The van der Waals surface area contributed by atoms with Crippen molar-refractivity contribution in [2.75, 3.05) is 26.7 Å². The molecule has 3 rings (SSSR count). The second kappa shape index (κ2) is 7.04. The van der Waals surface area contributed by atoms with Crippen LogP contribution in [0.2, 0.25) is 0 Å². The first kappa shape index (κ1) is 17.1. The van der Waals surface area contributed by atoms with E-state index in [-0.39, 0.29) is 30.0 Å².